The largest absolute Gasteiger partial charge is 0.299 e. The van der Waals surface area contributed by atoms with Crippen LogP contribution in [-0.2, 0) is 11.3 Å². The third kappa shape index (κ3) is 3.72. The molecule has 0 radical (unpaired) electrons. The maximum atomic E-state index is 12.3. The van der Waals surface area contributed by atoms with E-state index in [0.717, 1.165) is 42.5 Å². The number of piperidine rings is 1. The molecule has 2 atom stereocenters. The van der Waals surface area contributed by atoms with Gasteiger partial charge in [-0.1, -0.05) is 12.8 Å². The third-order valence-electron chi connectivity index (χ3n) is 4.88. The second-order valence-electron chi connectivity index (χ2n) is 6.32. The number of rotatable bonds is 3. The zero-order chi connectivity index (χ0) is 14.7. The quantitative estimate of drug-likeness (QED) is 0.827. The molecule has 0 aromatic carbocycles. The average Bonchev–Trinajstić information content (AvgIpc) is 2.51. The first-order chi connectivity index (χ1) is 10.2. The minimum absolute atomic E-state index is 0.273. The highest BCUT2D eigenvalue weighted by Gasteiger charge is 2.35. The van der Waals surface area contributed by atoms with Crippen molar-refractivity contribution in [2.45, 2.75) is 57.5 Å². The molecule has 2 unspecified atom stereocenters. The van der Waals surface area contributed by atoms with Crippen molar-refractivity contribution in [1.82, 2.24) is 9.88 Å². The molecule has 1 saturated carbocycles. The molecule has 1 aromatic heterocycles. The van der Waals surface area contributed by atoms with Crippen LogP contribution < -0.4 is 0 Å². The fourth-order valence-electron chi connectivity index (χ4n) is 3.79. The molecule has 1 aromatic rings. The Morgan fingerprint density at radius 2 is 2.05 bits per heavy atom. The molecule has 0 N–H and O–H groups in total. The number of halogens is 1. The second-order valence-corrected chi connectivity index (χ2v) is 7.24. The van der Waals surface area contributed by atoms with E-state index >= 15 is 0 Å². The minimum atomic E-state index is 0.273. The zero-order valence-electron chi connectivity index (χ0n) is 12.4. The Bertz CT molecular complexity index is 488. The Kier molecular flexibility index (Phi) is 5.07. The first-order valence-electron chi connectivity index (χ1n) is 8.11. The summed E-state index contributed by atoms with van der Waals surface area (Å²) in [5, 5.41) is 0. The number of hydrogen-bond acceptors (Lipinski definition) is 3. The van der Waals surface area contributed by atoms with Crippen LogP contribution in [0.25, 0.3) is 0 Å². The maximum absolute atomic E-state index is 12.3. The van der Waals surface area contributed by atoms with Gasteiger partial charge in [0, 0.05) is 35.6 Å². The predicted molar refractivity (Wildman–Crippen MR) is 87.0 cm³/mol. The molecule has 114 valence electrons. The molecule has 3 rings (SSSR count). The summed E-state index contributed by atoms with van der Waals surface area (Å²) in [5.74, 6) is 0.774. The third-order valence-corrected chi connectivity index (χ3v) is 5.35. The summed E-state index contributed by atoms with van der Waals surface area (Å²) in [6, 6.07) is 4.57. The molecule has 2 heterocycles. The molecule has 1 aliphatic heterocycles. The van der Waals surface area contributed by atoms with Crippen molar-refractivity contribution < 1.29 is 4.79 Å². The Morgan fingerprint density at radius 1 is 1.19 bits per heavy atom. The van der Waals surface area contributed by atoms with Crippen molar-refractivity contribution in [2.75, 3.05) is 6.54 Å². The van der Waals surface area contributed by atoms with E-state index in [1.54, 1.807) is 0 Å². The van der Waals surface area contributed by atoms with Crippen molar-refractivity contribution in [3.8, 4) is 0 Å². The van der Waals surface area contributed by atoms with Gasteiger partial charge in [0.25, 0.3) is 0 Å². The van der Waals surface area contributed by atoms with Gasteiger partial charge < -0.3 is 0 Å². The first kappa shape index (κ1) is 15.2. The molecular formula is C17H23BrN2O. The van der Waals surface area contributed by atoms with Crippen molar-refractivity contribution in [3.63, 3.8) is 0 Å². The van der Waals surface area contributed by atoms with Crippen LogP contribution in [0.1, 0.15) is 50.6 Å². The number of carbonyl (C=O) groups excluding carboxylic acids is 1. The Labute approximate surface area is 135 Å². The van der Waals surface area contributed by atoms with Gasteiger partial charge in [-0.25, -0.2) is 0 Å². The van der Waals surface area contributed by atoms with E-state index in [2.05, 4.69) is 31.9 Å². The number of nitrogens with zero attached hydrogens (tertiary/aromatic N) is 2. The van der Waals surface area contributed by atoms with Gasteiger partial charge in [0.15, 0.2) is 0 Å². The first-order valence-corrected chi connectivity index (χ1v) is 8.90. The smallest absolute Gasteiger partial charge is 0.137 e. The van der Waals surface area contributed by atoms with Gasteiger partial charge >= 0.3 is 0 Å². The number of likely N-dealkylation sites (tertiary alicyclic amines) is 1. The number of aromatic nitrogens is 1. The van der Waals surface area contributed by atoms with E-state index in [9.17, 15) is 4.79 Å². The van der Waals surface area contributed by atoms with Crippen molar-refractivity contribution in [3.05, 3.63) is 28.5 Å². The molecule has 1 saturated heterocycles. The molecule has 0 bridgehead atoms. The molecule has 2 fully saturated rings. The minimum Gasteiger partial charge on any atom is -0.299 e. The fraction of sp³-hybridized carbons (Fsp3) is 0.647. The highest BCUT2D eigenvalue weighted by atomic mass is 79.9. The molecule has 1 aliphatic carbocycles. The number of hydrogen-bond donors (Lipinski definition) is 0. The zero-order valence-corrected chi connectivity index (χ0v) is 14.0. The van der Waals surface area contributed by atoms with E-state index in [1.165, 1.54) is 25.7 Å². The van der Waals surface area contributed by atoms with E-state index in [4.69, 9.17) is 0 Å². The van der Waals surface area contributed by atoms with Crippen molar-refractivity contribution in [1.29, 1.82) is 0 Å². The molecule has 2 aliphatic rings. The van der Waals surface area contributed by atoms with Crippen LogP contribution >= 0.6 is 15.9 Å². The summed E-state index contributed by atoms with van der Waals surface area (Å²) in [6.07, 6.45) is 9.74. The summed E-state index contributed by atoms with van der Waals surface area (Å²) in [7, 11) is 0. The average molecular weight is 351 g/mol. The Morgan fingerprint density at radius 3 is 2.81 bits per heavy atom. The Balaban J connectivity index is 1.71. The lowest BCUT2D eigenvalue weighted by atomic mass is 9.79. The summed E-state index contributed by atoms with van der Waals surface area (Å²) < 4.78 is 1.02. The Hall–Kier alpha value is -0.740. The molecular weight excluding hydrogens is 328 g/mol. The second kappa shape index (κ2) is 7.01. The van der Waals surface area contributed by atoms with Crippen LogP contribution in [0.15, 0.2) is 22.8 Å². The molecule has 3 nitrogen and oxygen atoms in total. The van der Waals surface area contributed by atoms with Gasteiger partial charge in [-0.2, -0.15) is 0 Å². The van der Waals surface area contributed by atoms with Crippen LogP contribution in [0.3, 0.4) is 0 Å². The number of pyridine rings is 1. The van der Waals surface area contributed by atoms with Gasteiger partial charge in [-0.05, 0) is 60.3 Å². The van der Waals surface area contributed by atoms with Crippen LogP contribution in [0.2, 0.25) is 0 Å². The van der Waals surface area contributed by atoms with Gasteiger partial charge in [-0.15, -0.1) is 0 Å². The van der Waals surface area contributed by atoms with Gasteiger partial charge in [0.1, 0.15) is 5.78 Å². The lowest BCUT2D eigenvalue weighted by molar-refractivity contribution is -0.127. The fourth-order valence-corrected chi connectivity index (χ4v) is 4.03. The summed E-state index contributed by atoms with van der Waals surface area (Å²) in [6.45, 7) is 1.98. The van der Waals surface area contributed by atoms with Crippen LogP contribution in [0.4, 0.5) is 0 Å². The lowest BCUT2D eigenvalue weighted by Crippen LogP contribution is -2.47. The molecule has 4 heteroatoms. The normalized spacial score (nSPS) is 27.8. The van der Waals surface area contributed by atoms with Gasteiger partial charge in [-0.3, -0.25) is 14.7 Å². The van der Waals surface area contributed by atoms with Crippen LogP contribution in [0.5, 0.6) is 0 Å². The standard InChI is InChI=1S/C17H23BrN2O/c18-13-8-9-14(19-11-13)12-20-10-4-3-6-16(20)15-5-1-2-7-17(15)21/h8-9,11,15-16H,1-7,10,12H2. The van der Waals surface area contributed by atoms with Gasteiger partial charge in [0.05, 0.1) is 5.69 Å². The van der Waals surface area contributed by atoms with Crippen LogP contribution in [0, 0.1) is 5.92 Å². The topological polar surface area (TPSA) is 33.2 Å². The van der Waals surface area contributed by atoms with Gasteiger partial charge in [0.2, 0.25) is 0 Å². The summed E-state index contributed by atoms with van der Waals surface area (Å²) >= 11 is 3.43. The highest BCUT2D eigenvalue weighted by Crippen LogP contribution is 2.32. The molecule has 21 heavy (non-hydrogen) atoms. The van der Waals surface area contributed by atoms with Crippen LogP contribution in [-0.4, -0.2) is 28.3 Å². The number of carbonyl (C=O) groups is 1. The van der Waals surface area contributed by atoms with E-state index in [0.29, 0.717) is 11.8 Å². The van der Waals surface area contributed by atoms with Crippen molar-refractivity contribution >= 4 is 21.7 Å². The van der Waals surface area contributed by atoms with Crippen molar-refractivity contribution in [2.24, 2.45) is 5.92 Å². The summed E-state index contributed by atoms with van der Waals surface area (Å²) in [4.78, 5) is 19.3. The number of ketones is 1. The predicted octanol–water partition coefficient (Wildman–Crippen LogP) is 3.96. The van der Waals surface area contributed by atoms with E-state index in [-0.39, 0.29) is 5.92 Å². The summed E-state index contributed by atoms with van der Waals surface area (Å²) in [5.41, 5.74) is 1.10. The molecule has 0 amide bonds. The SMILES string of the molecule is O=C1CCCCC1C1CCCCN1Cc1ccc(Br)cn1. The monoisotopic (exact) mass is 350 g/mol. The lowest BCUT2D eigenvalue weighted by Gasteiger charge is -2.41. The maximum Gasteiger partial charge on any atom is 0.137 e. The van der Waals surface area contributed by atoms with E-state index < -0.39 is 0 Å². The highest BCUT2D eigenvalue weighted by molar-refractivity contribution is 9.10. The van der Waals surface area contributed by atoms with E-state index in [1.807, 2.05) is 12.3 Å². The number of Topliss-reactive ketones (excluding diaryl/α,β-unsaturated/α-hetero) is 1. The molecule has 0 spiro atoms.